The quantitative estimate of drug-likeness (QED) is 0.878. The highest BCUT2D eigenvalue weighted by Gasteiger charge is 2.17. The van der Waals surface area contributed by atoms with E-state index in [4.69, 9.17) is 16.7 Å². The van der Waals surface area contributed by atoms with Gasteiger partial charge in [0, 0.05) is 11.9 Å². The van der Waals surface area contributed by atoms with Crippen molar-refractivity contribution in [1.29, 1.82) is 0 Å². The van der Waals surface area contributed by atoms with Crippen LogP contribution in [0.5, 0.6) is 0 Å². The number of anilines is 1. The second-order valence-electron chi connectivity index (χ2n) is 4.03. The fraction of sp³-hybridized carbons (Fsp3) is 0.364. The Morgan fingerprint density at radius 3 is 2.72 bits per heavy atom. The molecule has 0 saturated heterocycles. The lowest BCUT2D eigenvalue weighted by Crippen LogP contribution is -2.26. The minimum Gasteiger partial charge on any atom is -0.480 e. The summed E-state index contributed by atoms with van der Waals surface area (Å²) in [7, 11) is 1.68. The van der Waals surface area contributed by atoms with Crippen LogP contribution < -0.4 is 4.90 Å². The number of halogens is 1. The van der Waals surface area contributed by atoms with Crippen molar-refractivity contribution >= 4 is 44.9 Å². The number of carboxylic acids is 1. The molecular weight excluding hydrogens is 274 g/mol. The van der Waals surface area contributed by atoms with Gasteiger partial charge in [-0.05, 0) is 31.0 Å². The van der Waals surface area contributed by atoms with Crippen LogP contribution >= 0.6 is 22.9 Å². The molecule has 0 aliphatic rings. The zero-order valence-corrected chi connectivity index (χ0v) is 11.8. The van der Waals surface area contributed by atoms with Crippen molar-refractivity contribution in [1.82, 2.24) is 9.97 Å². The number of carbonyl (C=O) groups is 1. The third-order valence-corrected chi connectivity index (χ3v) is 3.99. The standard InChI is InChI=1S/C11H12ClN3O2S/c1-5-6(2)18-10-8(5)9(13-11(12)14-10)15(3)4-7(16)17/h4H2,1-3H3,(H,16,17). The first-order chi connectivity index (χ1) is 8.40. The summed E-state index contributed by atoms with van der Waals surface area (Å²) < 4.78 is 0. The van der Waals surface area contributed by atoms with Crippen LogP contribution in [0.4, 0.5) is 5.82 Å². The topological polar surface area (TPSA) is 66.3 Å². The van der Waals surface area contributed by atoms with Gasteiger partial charge in [-0.2, -0.15) is 4.98 Å². The second kappa shape index (κ2) is 4.70. The molecule has 7 heteroatoms. The van der Waals surface area contributed by atoms with Crippen LogP contribution in [0.25, 0.3) is 10.2 Å². The largest absolute Gasteiger partial charge is 0.480 e. The van der Waals surface area contributed by atoms with Crippen molar-refractivity contribution in [2.24, 2.45) is 0 Å². The Morgan fingerprint density at radius 1 is 1.44 bits per heavy atom. The fourth-order valence-corrected chi connectivity index (χ4v) is 3.00. The lowest BCUT2D eigenvalue weighted by atomic mass is 10.2. The lowest BCUT2D eigenvalue weighted by molar-refractivity contribution is -0.135. The van der Waals surface area contributed by atoms with E-state index in [2.05, 4.69) is 9.97 Å². The third-order valence-electron chi connectivity index (χ3n) is 2.72. The normalized spacial score (nSPS) is 10.9. The highest BCUT2D eigenvalue weighted by atomic mass is 35.5. The SMILES string of the molecule is Cc1sc2nc(Cl)nc(N(C)CC(=O)O)c2c1C. The summed E-state index contributed by atoms with van der Waals surface area (Å²) >= 11 is 7.41. The molecule has 0 aliphatic heterocycles. The summed E-state index contributed by atoms with van der Waals surface area (Å²) in [6.07, 6.45) is 0. The average molecular weight is 286 g/mol. The monoisotopic (exact) mass is 285 g/mol. The zero-order valence-electron chi connectivity index (χ0n) is 10.2. The van der Waals surface area contributed by atoms with Gasteiger partial charge in [-0.25, -0.2) is 4.98 Å². The maximum Gasteiger partial charge on any atom is 0.323 e. The third kappa shape index (κ3) is 2.26. The number of carboxylic acid groups (broad SMARTS) is 1. The molecule has 0 aliphatic carbocycles. The molecule has 2 rings (SSSR count). The molecule has 2 aromatic heterocycles. The minimum atomic E-state index is -0.912. The van der Waals surface area contributed by atoms with E-state index < -0.39 is 5.97 Å². The van der Waals surface area contributed by atoms with E-state index in [9.17, 15) is 4.79 Å². The highest BCUT2D eigenvalue weighted by molar-refractivity contribution is 7.18. The molecule has 0 radical (unpaired) electrons. The van der Waals surface area contributed by atoms with Crippen molar-refractivity contribution < 1.29 is 9.90 Å². The minimum absolute atomic E-state index is 0.128. The number of rotatable bonds is 3. The van der Waals surface area contributed by atoms with Gasteiger partial charge < -0.3 is 10.0 Å². The Balaban J connectivity index is 2.64. The second-order valence-corrected chi connectivity index (χ2v) is 5.57. The molecule has 0 atom stereocenters. The molecule has 2 heterocycles. The molecule has 18 heavy (non-hydrogen) atoms. The maximum atomic E-state index is 10.8. The fourth-order valence-electron chi connectivity index (χ4n) is 1.76. The number of aryl methyl sites for hydroxylation is 2. The molecule has 0 aromatic carbocycles. The van der Waals surface area contributed by atoms with Crippen LogP contribution in [0.2, 0.25) is 5.28 Å². The Bertz CT molecular complexity index is 626. The molecule has 0 fully saturated rings. The Morgan fingerprint density at radius 2 is 2.11 bits per heavy atom. The van der Waals surface area contributed by atoms with E-state index in [1.165, 1.54) is 11.3 Å². The molecule has 0 amide bonds. The summed E-state index contributed by atoms with van der Waals surface area (Å²) in [5.74, 6) is -0.348. The number of aromatic nitrogens is 2. The number of thiophene rings is 1. The molecule has 0 spiro atoms. The molecule has 5 nitrogen and oxygen atoms in total. The van der Waals surface area contributed by atoms with E-state index in [1.807, 2.05) is 13.8 Å². The first kappa shape index (κ1) is 13.0. The summed E-state index contributed by atoms with van der Waals surface area (Å²) in [5, 5.41) is 9.86. The highest BCUT2D eigenvalue weighted by Crippen LogP contribution is 2.35. The van der Waals surface area contributed by atoms with Crippen LogP contribution in [-0.2, 0) is 4.79 Å². The van der Waals surface area contributed by atoms with Crippen molar-refractivity contribution in [3.05, 3.63) is 15.7 Å². The van der Waals surface area contributed by atoms with E-state index in [0.29, 0.717) is 5.82 Å². The molecular formula is C11H12ClN3O2S. The molecule has 0 bridgehead atoms. The van der Waals surface area contributed by atoms with Gasteiger partial charge in [0.25, 0.3) is 0 Å². The first-order valence-corrected chi connectivity index (χ1v) is 6.45. The van der Waals surface area contributed by atoms with Gasteiger partial charge in [-0.15, -0.1) is 11.3 Å². The van der Waals surface area contributed by atoms with Crippen molar-refractivity contribution in [3.8, 4) is 0 Å². The summed E-state index contributed by atoms with van der Waals surface area (Å²) in [4.78, 5) is 22.6. The first-order valence-electron chi connectivity index (χ1n) is 5.26. The van der Waals surface area contributed by atoms with Gasteiger partial charge in [-0.3, -0.25) is 4.79 Å². The number of hydrogen-bond acceptors (Lipinski definition) is 5. The van der Waals surface area contributed by atoms with Gasteiger partial charge >= 0.3 is 5.97 Å². The lowest BCUT2D eigenvalue weighted by Gasteiger charge is -2.16. The van der Waals surface area contributed by atoms with Gasteiger partial charge in [0.15, 0.2) is 0 Å². The van der Waals surface area contributed by atoms with Gasteiger partial charge in [0.2, 0.25) is 5.28 Å². The Hall–Kier alpha value is -1.40. The van der Waals surface area contributed by atoms with E-state index in [-0.39, 0.29) is 11.8 Å². The van der Waals surface area contributed by atoms with E-state index in [1.54, 1.807) is 11.9 Å². The summed E-state index contributed by atoms with van der Waals surface area (Å²) in [5.41, 5.74) is 1.07. The summed E-state index contributed by atoms with van der Waals surface area (Å²) in [6.45, 7) is 3.84. The predicted molar refractivity (Wildman–Crippen MR) is 72.8 cm³/mol. The summed E-state index contributed by atoms with van der Waals surface area (Å²) in [6, 6.07) is 0. The van der Waals surface area contributed by atoms with Crippen LogP contribution in [0, 0.1) is 13.8 Å². The van der Waals surface area contributed by atoms with Crippen LogP contribution in [0.3, 0.4) is 0 Å². The van der Waals surface area contributed by atoms with Crippen LogP contribution in [0.1, 0.15) is 10.4 Å². The van der Waals surface area contributed by atoms with Gasteiger partial charge in [-0.1, -0.05) is 0 Å². The number of hydrogen-bond donors (Lipinski definition) is 1. The van der Waals surface area contributed by atoms with Crippen molar-refractivity contribution in [3.63, 3.8) is 0 Å². The van der Waals surface area contributed by atoms with Gasteiger partial charge in [0.1, 0.15) is 17.2 Å². The van der Waals surface area contributed by atoms with Crippen molar-refractivity contribution in [2.45, 2.75) is 13.8 Å². The number of fused-ring (bicyclic) bond motifs is 1. The van der Waals surface area contributed by atoms with Crippen molar-refractivity contribution in [2.75, 3.05) is 18.5 Å². The average Bonchev–Trinajstić information content (AvgIpc) is 2.52. The molecule has 96 valence electrons. The van der Waals surface area contributed by atoms with Gasteiger partial charge in [0.05, 0.1) is 5.39 Å². The van der Waals surface area contributed by atoms with E-state index >= 15 is 0 Å². The number of aliphatic carboxylic acids is 1. The number of nitrogens with zero attached hydrogens (tertiary/aromatic N) is 3. The van der Waals surface area contributed by atoms with E-state index in [0.717, 1.165) is 20.7 Å². The van der Waals surface area contributed by atoms with Crippen LogP contribution in [-0.4, -0.2) is 34.6 Å². The Labute approximate surface area is 113 Å². The molecule has 0 saturated carbocycles. The zero-order chi connectivity index (χ0) is 13.4. The molecule has 0 unspecified atom stereocenters. The smallest absolute Gasteiger partial charge is 0.323 e. The maximum absolute atomic E-state index is 10.8. The molecule has 2 aromatic rings. The molecule has 1 N–H and O–H groups in total. The number of likely N-dealkylation sites (N-methyl/N-ethyl adjacent to an activating group) is 1. The predicted octanol–water partition coefficient (Wildman–Crippen LogP) is 2.48. The Kier molecular flexibility index (Phi) is 3.41. The van der Waals surface area contributed by atoms with Crippen LogP contribution in [0.15, 0.2) is 0 Å².